The summed E-state index contributed by atoms with van der Waals surface area (Å²) in [5, 5.41) is 4.59. The van der Waals surface area contributed by atoms with Crippen molar-refractivity contribution in [1.29, 1.82) is 0 Å². The lowest BCUT2D eigenvalue weighted by Gasteiger charge is -2.31. The van der Waals surface area contributed by atoms with Gasteiger partial charge in [0.1, 0.15) is 0 Å². The molecule has 1 saturated heterocycles. The number of hydrogen-bond donors (Lipinski definition) is 1. The molecule has 1 aromatic heterocycles. The third-order valence-corrected chi connectivity index (χ3v) is 4.15. The van der Waals surface area contributed by atoms with Gasteiger partial charge in [0.25, 0.3) is 0 Å². The summed E-state index contributed by atoms with van der Waals surface area (Å²) in [4.78, 5) is 2.47. The van der Waals surface area contributed by atoms with Gasteiger partial charge in [-0.25, -0.2) is 0 Å². The lowest BCUT2D eigenvalue weighted by Crippen LogP contribution is -2.33. The van der Waals surface area contributed by atoms with Gasteiger partial charge in [-0.2, -0.15) is 5.10 Å². The second-order valence-electron chi connectivity index (χ2n) is 5.48. The highest BCUT2D eigenvalue weighted by atomic mass is 15.3. The minimum atomic E-state index is 0.446. The summed E-state index contributed by atoms with van der Waals surface area (Å²) < 4.78 is 1.94. The van der Waals surface area contributed by atoms with E-state index in [-0.39, 0.29) is 0 Å². The number of hydrogen-bond acceptors (Lipinski definition) is 3. The molecule has 102 valence electrons. The van der Waals surface area contributed by atoms with Crippen LogP contribution in [0.4, 0.5) is 0 Å². The topological polar surface area (TPSA) is 47.1 Å². The lowest BCUT2D eigenvalue weighted by molar-refractivity contribution is 0.195. The summed E-state index contributed by atoms with van der Waals surface area (Å²) in [6.07, 6.45) is 7.00. The molecule has 1 fully saturated rings. The van der Waals surface area contributed by atoms with Gasteiger partial charge in [0.05, 0.1) is 5.69 Å². The second kappa shape index (κ2) is 5.85. The van der Waals surface area contributed by atoms with Gasteiger partial charge in [-0.1, -0.05) is 13.3 Å². The highest BCUT2D eigenvalue weighted by molar-refractivity contribution is 5.23. The zero-order valence-corrected chi connectivity index (χ0v) is 11.9. The van der Waals surface area contributed by atoms with Crippen LogP contribution in [-0.2, 0) is 13.5 Å². The number of nitrogens with zero attached hydrogens (tertiary/aromatic N) is 3. The Bertz CT molecular complexity index is 385. The maximum Gasteiger partial charge on any atom is 0.0669 e. The lowest BCUT2D eigenvalue weighted by atomic mass is 9.89. The van der Waals surface area contributed by atoms with Gasteiger partial charge in [-0.15, -0.1) is 0 Å². The molecule has 0 spiro atoms. The Balaban J connectivity index is 2.35. The molecule has 2 heterocycles. The molecule has 1 aliphatic rings. The van der Waals surface area contributed by atoms with Crippen LogP contribution >= 0.6 is 0 Å². The zero-order valence-electron chi connectivity index (χ0n) is 11.9. The van der Waals surface area contributed by atoms with Crippen molar-refractivity contribution < 1.29 is 0 Å². The average molecular weight is 250 g/mol. The molecule has 0 aromatic carbocycles. The van der Waals surface area contributed by atoms with Crippen molar-refractivity contribution >= 4 is 0 Å². The molecular formula is C14H26N4. The summed E-state index contributed by atoms with van der Waals surface area (Å²) in [6, 6.07) is 0.446. The predicted molar refractivity (Wildman–Crippen MR) is 74.4 cm³/mol. The van der Waals surface area contributed by atoms with Crippen molar-refractivity contribution in [3.8, 4) is 0 Å². The van der Waals surface area contributed by atoms with E-state index in [0.717, 1.165) is 13.0 Å². The Morgan fingerprint density at radius 1 is 1.39 bits per heavy atom. The Labute approximate surface area is 110 Å². The first-order valence-corrected chi connectivity index (χ1v) is 7.10. The molecule has 4 nitrogen and oxygen atoms in total. The summed E-state index contributed by atoms with van der Waals surface area (Å²) in [5.41, 5.74) is 8.63. The van der Waals surface area contributed by atoms with Crippen LogP contribution in [0.25, 0.3) is 0 Å². The molecule has 0 amide bonds. The van der Waals surface area contributed by atoms with Gasteiger partial charge in [0, 0.05) is 24.8 Å². The van der Waals surface area contributed by atoms with Crippen molar-refractivity contribution in [3.05, 3.63) is 17.5 Å². The highest BCUT2D eigenvalue weighted by Gasteiger charge is 2.30. The predicted octanol–water partition coefficient (Wildman–Crippen LogP) is 1.71. The number of nitrogens with two attached hydrogens (primary N) is 1. The third-order valence-electron chi connectivity index (χ3n) is 4.15. The molecule has 0 radical (unpaired) electrons. The van der Waals surface area contributed by atoms with Gasteiger partial charge in [0.2, 0.25) is 0 Å². The molecule has 2 N–H and O–H groups in total. The van der Waals surface area contributed by atoms with E-state index in [1.807, 2.05) is 11.7 Å². The van der Waals surface area contributed by atoms with E-state index in [9.17, 15) is 0 Å². The highest BCUT2D eigenvalue weighted by Crippen LogP contribution is 2.35. The number of aromatic nitrogens is 2. The van der Waals surface area contributed by atoms with Crippen LogP contribution in [0.15, 0.2) is 6.20 Å². The van der Waals surface area contributed by atoms with Crippen LogP contribution in [0.3, 0.4) is 0 Å². The molecule has 18 heavy (non-hydrogen) atoms. The maximum atomic E-state index is 6.01. The quantitative estimate of drug-likeness (QED) is 0.888. The number of rotatable bonds is 3. The van der Waals surface area contributed by atoms with E-state index in [0.29, 0.717) is 12.0 Å². The van der Waals surface area contributed by atoms with Gasteiger partial charge in [0.15, 0.2) is 0 Å². The molecular weight excluding hydrogens is 224 g/mol. The summed E-state index contributed by atoms with van der Waals surface area (Å²) in [5.74, 6) is 0.562. The summed E-state index contributed by atoms with van der Waals surface area (Å²) >= 11 is 0. The third kappa shape index (κ3) is 2.59. The van der Waals surface area contributed by atoms with Crippen LogP contribution in [0.5, 0.6) is 0 Å². The van der Waals surface area contributed by atoms with Crippen molar-refractivity contribution in [1.82, 2.24) is 14.7 Å². The number of aryl methyl sites for hydroxylation is 2. The molecule has 0 aliphatic carbocycles. The van der Waals surface area contributed by atoms with E-state index in [2.05, 4.69) is 30.2 Å². The fraction of sp³-hybridized carbons (Fsp3) is 0.786. The first kappa shape index (κ1) is 13.6. The first-order chi connectivity index (χ1) is 8.67. The van der Waals surface area contributed by atoms with E-state index in [1.165, 1.54) is 37.1 Å². The minimum Gasteiger partial charge on any atom is -0.330 e. The maximum absolute atomic E-state index is 6.01. The smallest absolute Gasteiger partial charge is 0.0669 e. The van der Waals surface area contributed by atoms with Crippen molar-refractivity contribution in [3.63, 3.8) is 0 Å². The molecule has 0 bridgehead atoms. The van der Waals surface area contributed by atoms with Crippen molar-refractivity contribution in [2.45, 2.75) is 38.6 Å². The standard InChI is InChI=1S/C14H26N4/c1-4-13-12(10-18(3)16-13)14-11(9-15)7-5-6-8-17(14)2/h10-11,14H,4-9,15H2,1-3H3. The summed E-state index contributed by atoms with van der Waals surface area (Å²) in [6.45, 7) is 4.12. The largest absolute Gasteiger partial charge is 0.330 e. The average Bonchev–Trinajstić information content (AvgIpc) is 2.62. The van der Waals surface area contributed by atoms with E-state index in [4.69, 9.17) is 5.73 Å². The van der Waals surface area contributed by atoms with Crippen LogP contribution in [0.2, 0.25) is 0 Å². The first-order valence-electron chi connectivity index (χ1n) is 7.10. The second-order valence-corrected chi connectivity index (χ2v) is 5.48. The van der Waals surface area contributed by atoms with E-state index < -0.39 is 0 Å². The normalized spacial score (nSPS) is 26.2. The minimum absolute atomic E-state index is 0.446. The number of likely N-dealkylation sites (tertiary alicyclic amines) is 1. The fourth-order valence-corrected chi connectivity index (χ4v) is 3.24. The Hall–Kier alpha value is -0.870. The van der Waals surface area contributed by atoms with E-state index >= 15 is 0 Å². The fourth-order valence-electron chi connectivity index (χ4n) is 3.24. The molecule has 2 rings (SSSR count). The monoisotopic (exact) mass is 250 g/mol. The van der Waals surface area contributed by atoms with Crippen LogP contribution in [-0.4, -0.2) is 34.8 Å². The van der Waals surface area contributed by atoms with Crippen LogP contribution in [0.1, 0.15) is 43.5 Å². The van der Waals surface area contributed by atoms with Gasteiger partial charge in [-0.05, 0) is 45.3 Å². The van der Waals surface area contributed by atoms with Gasteiger partial charge >= 0.3 is 0 Å². The molecule has 1 aromatic rings. The van der Waals surface area contributed by atoms with E-state index in [1.54, 1.807) is 0 Å². The van der Waals surface area contributed by atoms with Crippen molar-refractivity contribution in [2.75, 3.05) is 20.1 Å². The van der Waals surface area contributed by atoms with Crippen molar-refractivity contribution in [2.24, 2.45) is 18.7 Å². The summed E-state index contributed by atoms with van der Waals surface area (Å²) in [7, 11) is 4.24. The molecule has 4 heteroatoms. The molecule has 0 saturated carbocycles. The van der Waals surface area contributed by atoms with Gasteiger partial charge < -0.3 is 5.73 Å². The zero-order chi connectivity index (χ0) is 13.1. The van der Waals surface area contributed by atoms with Gasteiger partial charge in [-0.3, -0.25) is 9.58 Å². The Morgan fingerprint density at radius 2 is 2.17 bits per heavy atom. The Kier molecular flexibility index (Phi) is 4.40. The van der Waals surface area contributed by atoms with Crippen LogP contribution in [0, 0.1) is 5.92 Å². The molecule has 1 aliphatic heterocycles. The molecule has 2 unspecified atom stereocenters. The Morgan fingerprint density at radius 3 is 2.83 bits per heavy atom. The molecule has 2 atom stereocenters. The SMILES string of the molecule is CCc1nn(C)cc1C1C(CN)CCCCN1C. The van der Waals surface area contributed by atoms with Crippen LogP contribution < -0.4 is 5.73 Å².